The topological polar surface area (TPSA) is 54.0 Å². The average Bonchev–Trinajstić information content (AvgIpc) is 3.16. The van der Waals surface area contributed by atoms with Crippen molar-refractivity contribution >= 4 is 5.91 Å². The van der Waals surface area contributed by atoms with Gasteiger partial charge in [-0.15, -0.1) is 0 Å². The van der Waals surface area contributed by atoms with Crippen molar-refractivity contribution in [2.24, 2.45) is 5.92 Å². The summed E-state index contributed by atoms with van der Waals surface area (Å²) in [5, 5.41) is 3.81. The summed E-state index contributed by atoms with van der Waals surface area (Å²) >= 11 is 0. The summed E-state index contributed by atoms with van der Waals surface area (Å²) in [7, 11) is 3.32. The van der Waals surface area contributed by atoms with E-state index in [4.69, 9.17) is 9.47 Å². The number of hydrogen-bond acceptors (Lipinski definition) is 5. The molecule has 0 radical (unpaired) electrons. The van der Waals surface area contributed by atoms with Crippen LogP contribution in [0.15, 0.2) is 12.1 Å². The van der Waals surface area contributed by atoms with Crippen molar-refractivity contribution in [3.05, 3.63) is 23.3 Å². The highest BCUT2D eigenvalue weighted by molar-refractivity contribution is 5.82. The number of fused-ring (bicyclic) bond motifs is 1. The molecule has 0 saturated carbocycles. The van der Waals surface area contributed by atoms with Crippen LogP contribution >= 0.6 is 0 Å². The zero-order valence-corrected chi connectivity index (χ0v) is 20.2. The number of likely N-dealkylation sites (tertiary alicyclic amines) is 1. The predicted octanol–water partition coefficient (Wildman–Crippen LogP) is 3.47. The molecule has 1 aromatic carbocycles. The van der Waals surface area contributed by atoms with Gasteiger partial charge in [-0.1, -0.05) is 27.7 Å². The maximum Gasteiger partial charge on any atom is 0.240 e. The minimum absolute atomic E-state index is 0.0315. The smallest absolute Gasteiger partial charge is 0.240 e. The Hall–Kier alpha value is -1.79. The van der Waals surface area contributed by atoms with Gasteiger partial charge in [0.2, 0.25) is 5.91 Å². The molecule has 1 amide bonds. The zero-order chi connectivity index (χ0) is 22.5. The highest BCUT2D eigenvalue weighted by Gasteiger charge is 2.40. The fourth-order valence-electron chi connectivity index (χ4n) is 5.09. The summed E-state index contributed by atoms with van der Waals surface area (Å²) < 4.78 is 10.9. The molecule has 1 fully saturated rings. The van der Waals surface area contributed by atoms with E-state index in [9.17, 15) is 4.79 Å². The monoisotopic (exact) mass is 431 g/mol. The van der Waals surface area contributed by atoms with Crippen LogP contribution in [0.3, 0.4) is 0 Å². The molecule has 0 aliphatic carbocycles. The van der Waals surface area contributed by atoms with Gasteiger partial charge in [0.1, 0.15) is 0 Å². The van der Waals surface area contributed by atoms with Crippen molar-refractivity contribution in [2.45, 2.75) is 78.0 Å². The Morgan fingerprint density at radius 1 is 1.13 bits per heavy atom. The minimum Gasteiger partial charge on any atom is -0.493 e. The van der Waals surface area contributed by atoms with E-state index in [0.29, 0.717) is 24.5 Å². The van der Waals surface area contributed by atoms with Gasteiger partial charge >= 0.3 is 0 Å². The first-order valence-corrected chi connectivity index (χ1v) is 11.9. The summed E-state index contributed by atoms with van der Waals surface area (Å²) in [5.41, 5.74) is 2.41. The molecule has 0 bridgehead atoms. The third kappa shape index (κ3) is 5.53. The molecule has 1 saturated heterocycles. The summed E-state index contributed by atoms with van der Waals surface area (Å²) in [4.78, 5) is 18.1. The number of nitrogens with one attached hydrogen (secondary N) is 1. The van der Waals surface area contributed by atoms with Crippen LogP contribution in [0, 0.1) is 5.92 Å². The van der Waals surface area contributed by atoms with E-state index >= 15 is 0 Å². The molecule has 0 unspecified atom stereocenters. The molecule has 3 rings (SSSR count). The SMILES string of the molecule is CCC(CC)N[C@@H]1C[C@@H](C(=O)N2CCc3cc(OC)c(OC)cc3C2)N(CC(C)C)C1. The van der Waals surface area contributed by atoms with E-state index in [-0.39, 0.29) is 11.9 Å². The fraction of sp³-hybridized carbons (Fsp3) is 0.720. The van der Waals surface area contributed by atoms with Crippen LogP contribution in [-0.4, -0.2) is 67.7 Å². The lowest BCUT2D eigenvalue weighted by atomic mass is 9.97. The van der Waals surface area contributed by atoms with E-state index in [1.807, 2.05) is 11.0 Å². The van der Waals surface area contributed by atoms with Crippen molar-refractivity contribution < 1.29 is 14.3 Å². The van der Waals surface area contributed by atoms with Crippen molar-refractivity contribution in [1.29, 1.82) is 0 Å². The number of carbonyl (C=O) groups is 1. The Morgan fingerprint density at radius 2 is 1.77 bits per heavy atom. The maximum absolute atomic E-state index is 13.7. The molecule has 2 aliphatic rings. The summed E-state index contributed by atoms with van der Waals surface area (Å²) in [6, 6.07) is 4.98. The van der Waals surface area contributed by atoms with Crippen LogP contribution in [-0.2, 0) is 17.8 Å². The third-order valence-electron chi connectivity index (χ3n) is 6.77. The number of nitrogens with zero attached hydrogens (tertiary/aromatic N) is 2. The van der Waals surface area contributed by atoms with E-state index in [1.165, 1.54) is 5.56 Å². The molecule has 6 heteroatoms. The number of ether oxygens (including phenoxy) is 2. The molecule has 2 atom stereocenters. The minimum atomic E-state index is -0.0315. The molecular formula is C25H41N3O3. The Balaban J connectivity index is 1.74. The highest BCUT2D eigenvalue weighted by atomic mass is 16.5. The van der Waals surface area contributed by atoms with Gasteiger partial charge in [-0.05, 0) is 54.9 Å². The van der Waals surface area contributed by atoms with Crippen molar-refractivity contribution in [1.82, 2.24) is 15.1 Å². The van der Waals surface area contributed by atoms with Gasteiger partial charge in [-0.25, -0.2) is 0 Å². The quantitative estimate of drug-likeness (QED) is 0.649. The highest BCUT2D eigenvalue weighted by Crippen LogP contribution is 2.34. The molecule has 0 spiro atoms. The molecule has 2 aliphatic heterocycles. The van der Waals surface area contributed by atoms with Gasteiger partial charge < -0.3 is 19.7 Å². The third-order valence-corrected chi connectivity index (χ3v) is 6.77. The van der Waals surface area contributed by atoms with Gasteiger partial charge in [0.05, 0.1) is 20.3 Å². The average molecular weight is 432 g/mol. The van der Waals surface area contributed by atoms with E-state index in [1.54, 1.807) is 14.2 Å². The number of methoxy groups -OCH3 is 2. The van der Waals surface area contributed by atoms with Gasteiger partial charge in [0, 0.05) is 38.3 Å². The molecular weight excluding hydrogens is 390 g/mol. The van der Waals surface area contributed by atoms with Gasteiger partial charge in [0.25, 0.3) is 0 Å². The standard InChI is InChI=1S/C25H41N3O3/c1-7-20(8-2)26-21-13-22(28(16-21)14-17(3)4)25(29)27-10-9-18-11-23(30-5)24(31-6)12-19(18)15-27/h11-12,17,20-22,26H,7-10,13-16H2,1-6H3/t21-,22+/m1/s1. The van der Waals surface area contributed by atoms with Crippen LogP contribution < -0.4 is 14.8 Å². The number of benzene rings is 1. The lowest BCUT2D eigenvalue weighted by Crippen LogP contribution is -2.48. The van der Waals surface area contributed by atoms with Gasteiger partial charge in [0.15, 0.2) is 11.5 Å². The Bertz CT molecular complexity index is 748. The Morgan fingerprint density at radius 3 is 2.35 bits per heavy atom. The van der Waals surface area contributed by atoms with E-state index in [2.05, 4.69) is 44.0 Å². The van der Waals surface area contributed by atoms with Crippen LogP contribution in [0.4, 0.5) is 0 Å². The van der Waals surface area contributed by atoms with Crippen molar-refractivity contribution in [3.63, 3.8) is 0 Å². The van der Waals surface area contributed by atoms with Crippen molar-refractivity contribution in [2.75, 3.05) is 33.9 Å². The molecule has 1 aromatic rings. The first kappa shape index (κ1) is 23.9. The van der Waals surface area contributed by atoms with E-state index in [0.717, 1.165) is 62.4 Å². The van der Waals surface area contributed by atoms with Gasteiger partial charge in [-0.3, -0.25) is 9.69 Å². The summed E-state index contributed by atoms with van der Waals surface area (Å²) in [6.07, 6.45) is 4.01. The summed E-state index contributed by atoms with van der Waals surface area (Å²) in [6.45, 7) is 12.3. The predicted molar refractivity (Wildman–Crippen MR) is 125 cm³/mol. The van der Waals surface area contributed by atoms with E-state index < -0.39 is 0 Å². The van der Waals surface area contributed by atoms with Crippen LogP contribution in [0.1, 0.15) is 58.1 Å². The summed E-state index contributed by atoms with van der Waals surface area (Å²) in [5.74, 6) is 2.30. The fourth-order valence-corrected chi connectivity index (χ4v) is 5.09. The first-order valence-electron chi connectivity index (χ1n) is 11.9. The maximum atomic E-state index is 13.7. The first-order chi connectivity index (χ1) is 14.9. The normalized spacial score (nSPS) is 21.6. The molecule has 6 nitrogen and oxygen atoms in total. The van der Waals surface area contributed by atoms with Crippen molar-refractivity contribution in [3.8, 4) is 11.5 Å². The number of carbonyl (C=O) groups excluding carboxylic acids is 1. The Labute approximate surface area is 188 Å². The molecule has 174 valence electrons. The lowest BCUT2D eigenvalue weighted by Gasteiger charge is -2.34. The van der Waals surface area contributed by atoms with Crippen LogP contribution in [0.2, 0.25) is 0 Å². The van der Waals surface area contributed by atoms with Gasteiger partial charge in [-0.2, -0.15) is 0 Å². The second-order valence-electron chi connectivity index (χ2n) is 9.46. The molecule has 1 N–H and O–H groups in total. The Kier molecular flexibility index (Phi) is 8.23. The zero-order valence-electron chi connectivity index (χ0n) is 20.2. The largest absolute Gasteiger partial charge is 0.493 e. The number of amides is 1. The van der Waals surface area contributed by atoms with Crippen LogP contribution in [0.25, 0.3) is 0 Å². The molecule has 0 aromatic heterocycles. The second-order valence-corrected chi connectivity index (χ2v) is 9.46. The van der Waals surface area contributed by atoms with Crippen LogP contribution in [0.5, 0.6) is 11.5 Å². The molecule has 31 heavy (non-hydrogen) atoms. The molecule has 2 heterocycles. The lowest BCUT2D eigenvalue weighted by molar-refractivity contribution is -0.137. The number of rotatable bonds is 9. The second kappa shape index (κ2) is 10.7. The number of hydrogen-bond donors (Lipinski definition) is 1.